The van der Waals surface area contributed by atoms with Crippen LogP contribution < -0.4 is 5.73 Å². The van der Waals surface area contributed by atoms with Gasteiger partial charge in [0.25, 0.3) is 0 Å². The van der Waals surface area contributed by atoms with Gasteiger partial charge >= 0.3 is 0 Å². The van der Waals surface area contributed by atoms with E-state index in [0.29, 0.717) is 16.6 Å². The van der Waals surface area contributed by atoms with Crippen LogP contribution in [0.5, 0.6) is 0 Å². The quantitative estimate of drug-likeness (QED) is 0.775. The van der Waals surface area contributed by atoms with Gasteiger partial charge in [-0.05, 0) is 35.6 Å². The van der Waals surface area contributed by atoms with Crippen LogP contribution in [-0.2, 0) is 0 Å². The first-order valence-electron chi connectivity index (χ1n) is 5.58. The second-order valence-electron chi connectivity index (χ2n) is 4.07. The Bertz CT molecular complexity index is 721. The van der Waals surface area contributed by atoms with Crippen molar-refractivity contribution in [1.29, 1.82) is 0 Å². The summed E-state index contributed by atoms with van der Waals surface area (Å²) in [5, 5.41) is 6.51. The molecule has 19 heavy (non-hydrogen) atoms. The van der Waals surface area contributed by atoms with Gasteiger partial charge in [0, 0.05) is 12.4 Å². The van der Waals surface area contributed by atoms with Gasteiger partial charge in [-0.1, -0.05) is 16.8 Å². The molecule has 0 aliphatic rings. The van der Waals surface area contributed by atoms with Crippen LogP contribution in [0.25, 0.3) is 21.8 Å². The van der Waals surface area contributed by atoms with E-state index in [1.165, 1.54) is 11.3 Å². The molecule has 0 unspecified atom stereocenters. The lowest BCUT2D eigenvalue weighted by molar-refractivity contribution is 0.437. The molecule has 0 fully saturated rings. The lowest BCUT2D eigenvalue weighted by Crippen LogP contribution is -1.88. The van der Waals surface area contributed by atoms with Gasteiger partial charge < -0.3 is 10.3 Å². The number of hydrogen-bond donors (Lipinski definition) is 1. The molecule has 3 aromatic rings. The molecule has 0 aliphatic heterocycles. The Balaban J connectivity index is 2.22. The molecular weight excluding hydrogens is 282 g/mol. The van der Waals surface area contributed by atoms with Gasteiger partial charge in [0.2, 0.25) is 0 Å². The Morgan fingerprint density at radius 2 is 2.05 bits per heavy atom. The summed E-state index contributed by atoms with van der Waals surface area (Å²) in [4.78, 5) is 4.84. The van der Waals surface area contributed by atoms with E-state index in [4.69, 9.17) is 21.9 Å². The van der Waals surface area contributed by atoms with Crippen LogP contribution in [0, 0.1) is 6.92 Å². The normalized spacial score (nSPS) is 10.8. The Hall–Kier alpha value is -1.85. The van der Waals surface area contributed by atoms with Gasteiger partial charge in [0.15, 0.2) is 11.6 Å². The highest BCUT2D eigenvalue weighted by Crippen LogP contribution is 2.43. The predicted octanol–water partition coefficient (Wildman–Crippen LogP) is 4.01. The third kappa shape index (κ3) is 2.01. The molecule has 0 aliphatic carbocycles. The van der Waals surface area contributed by atoms with Gasteiger partial charge in [0.05, 0.1) is 15.5 Å². The zero-order chi connectivity index (χ0) is 13.4. The van der Waals surface area contributed by atoms with E-state index in [2.05, 4.69) is 10.1 Å². The maximum atomic E-state index is 6.28. The summed E-state index contributed by atoms with van der Waals surface area (Å²) < 4.78 is 5.36. The van der Waals surface area contributed by atoms with E-state index in [1.54, 1.807) is 12.4 Å². The predicted molar refractivity (Wildman–Crippen MR) is 77.2 cm³/mol. The highest BCUT2D eigenvalue weighted by molar-refractivity contribution is 7.14. The number of rotatable bonds is 2. The minimum atomic E-state index is 0.350. The molecule has 0 atom stereocenters. The van der Waals surface area contributed by atoms with Crippen LogP contribution >= 0.6 is 22.9 Å². The number of nitrogens with two attached hydrogens (primary N) is 1. The summed E-state index contributed by atoms with van der Waals surface area (Å²) in [6.45, 7) is 1.95. The number of hydrogen-bond acceptors (Lipinski definition) is 5. The number of anilines is 1. The van der Waals surface area contributed by atoms with Crippen molar-refractivity contribution < 1.29 is 4.52 Å². The Morgan fingerprint density at radius 1 is 1.32 bits per heavy atom. The number of halogens is 1. The van der Waals surface area contributed by atoms with Crippen molar-refractivity contribution in [3.63, 3.8) is 0 Å². The average molecular weight is 292 g/mol. The largest absolute Gasteiger partial charge is 0.380 e. The molecule has 3 rings (SSSR count). The van der Waals surface area contributed by atoms with Crippen molar-refractivity contribution in [2.24, 2.45) is 0 Å². The molecule has 3 heterocycles. The molecule has 6 heteroatoms. The fourth-order valence-electron chi connectivity index (χ4n) is 1.84. The van der Waals surface area contributed by atoms with E-state index in [-0.39, 0.29) is 0 Å². The molecule has 96 valence electrons. The fraction of sp³-hybridized carbons (Fsp3) is 0.0769. The van der Waals surface area contributed by atoms with Crippen LogP contribution in [0.1, 0.15) is 5.56 Å². The Labute approximate surface area is 118 Å². The van der Waals surface area contributed by atoms with Crippen LogP contribution in [-0.4, -0.2) is 10.1 Å². The van der Waals surface area contributed by atoms with E-state index in [1.807, 2.05) is 24.4 Å². The van der Waals surface area contributed by atoms with Crippen molar-refractivity contribution in [3.8, 4) is 21.8 Å². The topological polar surface area (TPSA) is 64.9 Å². The number of thiophene rings is 1. The SMILES string of the molecule is Cc1csc(-c2onc(N)c2-c2ccncc2)c1Cl. The van der Waals surface area contributed by atoms with E-state index >= 15 is 0 Å². The van der Waals surface area contributed by atoms with E-state index in [0.717, 1.165) is 21.6 Å². The van der Waals surface area contributed by atoms with Crippen LogP contribution in [0.15, 0.2) is 34.4 Å². The first-order chi connectivity index (χ1) is 9.18. The maximum absolute atomic E-state index is 6.28. The number of aryl methyl sites for hydroxylation is 1. The van der Waals surface area contributed by atoms with Crippen molar-refractivity contribution in [2.75, 3.05) is 5.73 Å². The maximum Gasteiger partial charge on any atom is 0.188 e. The van der Waals surface area contributed by atoms with E-state index < -0.39 is 0 Å². The van der Waals surface area contributed by atoms with Crippen LogP contribution in [0.4, 0.5) is 5.82 Å². The summed E-state index contributed by atoms with van der Waals surface area (Å²) in [5.41, 5.74) is 8.58. The van der Waals surface area contributed by atoms with Gasteiger partial charge in [0.1, 0.15) is 0 Å². The molecule has 0 aromatic carbocycles. The highest BCUT2D eigenvalue weighted by atomic mass is 35.5. The van der Waals surface area contributed by atoms with Gasteiger partial charge in [-0.25, -0.2) is 0 Å². The summed E-state index contributed by atoms with van der Waals surface area (Å²) in [6, 6.07) is 3.72. The molecule has 4 nitrogen and oxygen atoms in total. The zero-order valence-electron chi connectivity index (χ0n) is 10.1. The fourth-order valence-corrected chi connectivity index (χ4v) is 3.10. The number of pyridine rings is 1. The number of nitrogens with zero attached hydrogens (tertiary/aromatic N) is 2. The molecule has 0 saturated heterocycles. The monoisotopic (exact) mass is 291 g/mol. The molecule has 3 aromatic heterocycles. The molecule has 0 amide bonds. The molecule has 2 N–H and O–H groups in total. The van der Waals surface area contributed by atoms with Crippen molar-refractivity contribution in [3.05, 3.63) is 40.5 Å². The first-order valence-corrected chi connectivity index (χ1v) is 6.83. The summed E-state index contributed by atoms with van der Waals surface area (Å²) in [6.07, 6.45) is 3.40. The highest BCUT2D eigenvalue weighted by Gasteiger charge is 2.21. The van der Waals surface area contributed by atoms with Crippen LogP contribution in [0.2, 0.25) is 5.02 Å². The summed E-state index contributed by atoms with van der Waals surface area (Å²) in [5.74, 6) is 0.954. The minimum absolute atomic E-state index is 0.350. The second-order valence-corrected chi connectivity index (χ2v) is 5.33. The number of nitrogen functional groups attached to an aromatic ring is 1. The Morgan fingerprint density at radius 3 is 2.68 bits per heavy atom. The van der Waals surface area contributed by atoms with Crippen molar-refractivity contribution >= 4 is 28.8 Å². The van der Waals surface area contributed by atoms with Gasteiger partial charge in [-0.2, -0.15) is 0 Å². The van der Waals surface area contributed by atoms with Crippen molar-refractivity contribution in [1.82, 2.24) is 10.1 Å². The molecule has 0 saturated carbocycles. The molecule has 0 spiro atoms. The lowest BCUT2D eigenvalue weighted by atomic mass is 10.1. The first kappa shape index (κ1) is 12.2. The molecule has 0 bridgehead atoms. The minimum Gasteiger partial charge on any atom is -0.380 e. The standard InChI is InChI=1S/C13H10ClN3OS/c1-7-6-19-12(10(7)14)11-9(13(15)17-18-11)8-2-4-16-5-3-8/h2-6H,1H3,(H2,15,17). The second kappa shape index (κ2) is 4.68. The summed E-state index contributed by atoms with van der Waals surface area (Å²) in [7, 11) is 0. The van der Waals surface area contributed by atoms with Crippen LogP contribution in [0.3, 0.4) is 0 Å². The zero-order valence-corrected chi connectivity index (χ0v) is 11.6. The summed E-state index contributed by atoms with van der Waals surface area (Å²) >= 11 is 7.80. The number of aromatic nitrogens is 2. The molecular formula is C13H10ClN3OS. The van der Waals surface area contributed by atoms with E-state index in [9.17, 15) is 0 Å². The Kier molecular flexibility index (Phi) is 3.00. The van der Waals surface area contributed by atoms with Gasteiger partial charge in [-0.3, -0.25) is 4.98 Å². The lowest BCUT2D eigenvalue weighted by Gasteiger charge is -2.01. The van der Waals surface area contributed by atoms with Gasteiger partial charge in [-0.15, -0.1) is 11.3 Å². The molecule has 0 radical (unpaired) electrons. The average Bonchev–Trinajstić information content (AvgIpc) is 2.95. The smallest absolute Gasteiger partial charge is 0.188 e. The third-order valence-corrected chi connectivity index (χ3v) is 4.49. The van der Waals surface area contributed by atoms with Crippen molar-refractivity contribution in [2.45, 2.75) is 6.92 Å². The third-order valence-electron chi connectivity index (χ3n) is 2.79.